The summed E-state index contributed by atoms with van der Waals surface area (Å²) in [5, 5.41) is 1.76. The number of ether oxygens (including phenoxy) is 1. The zero-order chi connectivity index (χ0) is 25.1. The van der Waals surface area contributed by atoms with Crippen molar-refractivity contribution in [3.63, 3.8) is 0 Å². The Balaban J connectivity index is 1.49. The average Bonchev–Trinajstić information content (AvgIpc) is 3.40. The second-order valence-corrected chi connectivity index (χ2v) is 9.32. The fourth-order valence-corrected chi connectivity index (χ4v) is 4.81. The number of nitrogens with zero attached hydrogens (tertiary/aromatic N) is 4. The third-order valence-electron chi connectivity index (χ3n) is 5.28. The maximum absolute atomic E-state index is 15.0. The number of halogens is 3. The molecule has 1 N–H and O–H groups in total. The molecule has 0 radical (unpaired) electrons. The van der Waals surface area contributed by atoms with Crippen molar-refractivity contribution in [3.05, 3.63) is 106 Å². The smallest absolute Gasteiger partial charge is 0.167 e. The molecule has 0 spiro atoms. The van der Waals surface area contributed by atoms with Gasteiger partial charge in [0.2, 0.25) is 0 Å². The van der Waals surface area contributed by atoms with E-state index in [0.29, 0.717) is 28.3 Å². The number of anilines is 1. The molecule has 0 aliphatic carbocycles. The molecular formula is C25H18F3N5OS2. The lowest BCUT2D eigenvalue weighted by molar-refractivity contribution is 0.343. The van der Waals surface area contributed by atoms with Crippen molar-refractivity contribution >= 4 is 40.4 Å². The highest BCUT2D eigenvalue weighted by atomic mass is 32.2. The molecule has 11 heteroatoms. The minimum atomic E-state index is -0.724. The van der Waals surface area contributed by atoms with E-state index in [9.17, 15) is 13.2 Å². The van der Waals surface area contributed by atoms with Gasteiger partial charge >= 0.3 is 0 Å². The summed E-state index contributed by atoms with van der Waals surface area (Å²) in [6.07, 6.45) is 6.37. The normalized spacial score (nSPS) is 13.6. The van der Waals surface area contributed by atoms with E-state index >= 15 is 0 Å². The number of likely N-dealkylation sites (N-methyl/N-ethyl adjacent to an activating group) is 1. The van der Waals surface area contributed by atoms with E-state index in [1.165, 1.54) is 29.8 Å². The fourth-order valence-electron chi connectivity index (χ4n) is 3.60. The monoisotopic (exact) mass is 525 g/mol. The van der Waals surface area contributed by atoms with Crippen LogP contribution in [0.1, 0.15) is 11.1 Å². The summed E-state index contributed by atoms with van der Waals surface area (Å²) >= 11 is 2.30. The van der Waals surface area contributed by atoms with Crippen molar-refractivity contribution in [1.29, 1.82) is 0 Å². The van der Waals surface area contributed by atoms with Crippen LogP contribution in [0.2, 0.25) is 0 Å². The second-order valence-electron chi connectivity index (χ2n) is 7.75. The van der Waals surface area contributed by atoms with Gasteiger partial charge in [0.15, 0.2) is 11.6 Å². The molecule has 0 amide bonds. The molecule has 0 saturated heterocycles. The molecule has 1 aliphatic rings. The Labute approximate surface area is 213 Å². The van der Waals surface area contributed by atoms with Crippen LogP contribution in [-0.2, 0) is 0 Å². The number of thiazole rings is 1. The highest BCUT2D eigenvalue weighted by molar-refractivity contribution is 8.00. The number of hydrogen-bond acceptors (Lipinski definition) is 8. The van der Waals surface area contributed by atoms with Gasteiger partial charge in [-0.1, -0.05) is 12.1 Å². The Morgan fingerprint density at radius 1 is 1.06 bits per heavy atom. The standard InChI is InChI=1S/C25H18F3N5OS2/c1-33-11-23(34-22-7-20(28)24(8-19(22)27)36-32-25-12-35-14-31-25)18(16-9-29-13-30-10-16)6-21(33)15-3-2-4-17(26)5-15/h2-10,12-14,32H,11H2,1H3. The average molecular weight is 526 g/mol. The molecule has 5 rings (SSSR count). The highest BCUT2D eigenvalue weighted by Gasteiger charge is 2.24. The fraction of sp³-hybridized carbons (Fsp3) is 0.0800. The second kappa shape index (κ2) is 10.4. The third-order valence-corrected chi connectivity index (χ3v) is 6.71. The predicted molar refractivity (Wildman–Crippen MR) is 135 cm³/mol. The van der Waals surface area contributed by atoms with E-state index in [4.69, 9.17) is 4.74 Å². The van der Waals surface area contributed by atoms with Crippen LogP contribution < -0.4 is 9.46 Å². The van der Waals surface area contributed by atoms with E-state index < -0.39 is 11.6 Å². The first kappa shape index (κ1) is 23.9. The van der Waals surface area contributed by atoms with E-state index in [-0.39, 0.29) is 23.0 Å². The summed E-state index contributed by atoms with van der Waals surface area (Å²) in [7, 11) is 1.80. The van der Waals surface area contributed by atoms with Gasteiger partial charge in [0.25, 0.3) is 0 Å². The summed E-state index contributed by atoms with van der Waals surface area (Å²) in [6.45, 7) is 0.218. The molecule has 0 fully saturated rings. The number of rotatable bonds is 7. The van der Waals surface area contributed by atoms with Crippen molar-refractivity contribution in [2.45, 2.75) is 4.90 Å². The summed E-state index contributed by atoms with van der Waals surface area (Å²) in [6, 6.07) is 8.30. The molecule has 3 heterocycles. The van der Waals surface area contributed by atoms with Gasteiger partial charge in [0, 0.05) is 53.3 Å². The summed E-state index contributed by atoms with van der Waals surface area (Å²) < 4.78 is 52.5. The van der Waals surface area contributed by atoms with Gasteiger partial charge in [-0.05, 0) is 36.2 Å². The van der Waals surface area contributed by atoms with Gasteiger partial charge in [0.1, 0.15) is 29.5 Å². The van der Waals surface area contributed by atoms with Gasteiger partial charge in [-0.15, -0.1) is 11.3 Å². The lowest BCUT2D eigenvalue weighted by atomic mass is 9.99. The quantitative estimate of drug-likeness (QED) is 0.286. The maximum atomic E-state index is 15.0. The Morgan fingerprint density at radius 3 is 2.64 bits per heavy atom. The third kappa shape index (κ3) is 5.21. The van der Waals surface area contributed by atoms with E-state index in [1.807, 2.05) is 4.90 Å². The summed E-state index contributed by atoms with van der Waals surface area (Å²) in [4.78, 5) is 14.1. The molecule has 36 heavy (non-hydrogen) atoms. The number of aromatic nitrogens is 3. The van der Waals surface area contributed by atoms with Crippen molar-refractivity contribution in [2.75, 3.05) is 18.3 Å². The molecule has 0 atom stereocenters. The van der Waals surface area contributed by atoms with Crippen molar-refractivity contribution in [1.82, 2.24) is 19.9 Å². The molecule has 0 unspecified atom stereocenters. The van der Waals surface area contributed by atoms with Crippen LogP contribution in [0.15, 0.2) is 82.7 Å². The van der Waals surface area contributed by atoms with Gasteiger partial charge < -0.3 is 14.4 Å². The topological polar surface area (TPSA) is 63.2 Å². The minimum Gasteiger partial charge on any atom is -0.456 e. The predicted octanol–water partition coefficient (Wildman–Crippen LogP) is 6.25. The SMILES string of the molecule is CN1CC(Oc2cc(F)c(SNc3cscn3)cc2F)=C(c2cncnc2)C=C1c1cccc(F)c1. The van der Waals surface area contributed by atoms with Crippen molar-refractivity contribution in [3.8, 4) is 5.75 Å². The number of nitrogens with one attached hydrogen (secondary N) is 1. The lowest BCUT2D eigenvalue weighted by Crippen LogP contribution is -2.26. The zero-order valence-corrected chi connectivity index (χ0v) is 20.4. The number of allylic oxidation sites excluding steroid dienone is 2. The maximum Gasteiger partial charge on any atom is 0.167 e. The zero-order valence-electron chi connectivity index (χ0n) is 18.8. The molecule has 0 bridgehead atoms. The van der Waals surface area contributed by atoms with E-state index in [0.717, 1.165) is 29.8 Å². The van der Waals surface area contributed by atoms with Crippen molar-refractivity contribution in [2.24, 2.45) is 0 Å². The molecule has 0 saturated carbocycles. The van der Waals surface area contributed by atoms with Crippen LogP contribution in [-0.4, -0.2) is 33.4 Å². The largest absolute Gasteiger partial charge is 0.456 e. The summed E-state index contributed by atoms with van der Waals surface area (Å²) in [5.41, 5.74) is 4.23. The van der Waals surface area contributed by atoms with Gasteiger partial charge in [-0.3, -0.25) is 0 Å². The summed E-state index contributed by atoms with van der Waals surface area (Å²) in [5.74, 6) is -1.08. The Bertz CT molecular complexity index is 1450. The first-order valence-electron chi connectivity index (χ1n) is 10.6. The first-order valence-corrected chi connectivity index (χ1v) is 12.4. The molecule has 4 aromatic rings. The molecule has 6 nitrogen and oxygen atoms in total. The molecule has 2 aromatic heterocycles. The Kier molecular flexibility index (Phi) is 6.92. The van der Waals surface area contributed by atoms with Crippen LogP contribution >= 0.6 is 23.3 Å². The van der Waals surface area contributed by atoms with Crippen molar-refractivity contribution < 1.29 is 17.9 Å². The molecular weight excluding hydrogens is 507 g/mol. The lowest BCUT2D eigenvalue weighted by Gasteiger charge is -2.30. The van der Waals surface area contributed by atoms with Gasteiger partial charge in [-0.25, -0.2) is 28.1 Å². The number of hydrogen-bond donors (Lipinski definition) is 1. The highest BCUT2D eigenvalue weighted by Crippen LogP contribution is 2.35. The van der Waals surface area contributed by atoms with Crippen LogP contribution in [0, 0.1) is 17.5 Å². The minimum absolute atomic E-state index is 0.0626. The molecule has 2 aromatic carbocycles. The molecule has 1 aliphatic heterocycles. The van der Waals surface area contributed by atoms with Gasteiger partial charge in [-0.2, -0.15) is 0 Å². The Morgan fingerprint density at radius 2 is 1.89 bits per heavy atom. The van der Waals surface area contributed by atoms with E-state index in [1.54, 1.807) is 48.5 Å². The van der Waals surface area contributed by atoms with Crippen LogP contribution in [0.5, 0.6) is 5.75 Å². The van der Waals surface area contributed by atoms with E-state index in [2.05, 4.69) is 19.7 Å². The Hall–Kier alpha value is -3.83. The molecule has 182 valence electrons. The first-order chi connectivity index (χ1) is 17.5. The van der Waals surface area contributed by atoms with Crippen LogP contribution in [0.3, 0.4) is 0 Å². The van der Waals surface area contributed by atoms with Crippen LogP contribution in [0.4, 0.5) is 19.0 Å². The van der Waals surface area contributed by atoms with Gasteiger partial charge in [0.05, 0.1) is 17.0 Å². The number of benzene rings is 2. The van der Waals surface area contributed by atoms with Crippen LogP contribution in [0.25, 0.3) is 11.3 Å².